The van der Waals surface area contributed by atoms with Gasteiger partial charge in [0.2, 0.25) is 0 Å². The highest BCUT2D eigenvalue weighted by atomic mass is 19.4. The SMILES string of the molecule is CCC1Oc2nc(NC)cn2CC1NCc1ccc(-c2ccc(OC(F)(F)F)cc2)cc1. The zero-order valence-corrected chi connectivity index (χ0v) is 17.8. The first-order valence-corrected chi connectivity index (χ1v) is 10.4. The van der Waals surface area contributed by atoms with Gasteiger partial charge in [-0.3, -0.25) is 4.57 Å². The van der Waals surface area contributed by atoms with Gasteiger partial charge in [0.05, 0.1) is 12.2 Å². The predicted octanol–water partition coefficient (Wildman–Crippen LogP) is 4.82. The molecule has 0 fully saturated rings. The van der Waals surface area contributed by atoms with Crippen molar-refractivity contribution in [3.8, 4) is 22.9 Å². The zero-order valence-electron chi connectivity index (χ0n) is 17.8. The van der Waals surface area contributed by atoms with Gasteiger partial charge >= 0.3 is 6.36 Å². The number of hydrogen-bond acceptors (Lipinski definition) is 5. The maximum atomic E-state index is 12.3. The Kier molecular flexibility index (Phi) is 6.27. The fraction of sp³-hybridized carbons (Fsp3) is 0.348. The van der Waals surface area contributed by atoms with Gasteiger partial charge < -0.3 is 20.1 Å². The molecule has 9 heteroatoms. The summed E-state index contributed by atoms with van der Waals surface area (Å²) in [6.45, 7) is 3.54. The molecular weight excluding hydrogens is 421 g/mol. The Bertz CT molecular complexity index is 1030. The number of fused-ring (bicyclic) bond motifs is 1. The number of halogens is 3. The van der Waals surface area contributed by atoms with E-state index in [1.807, 2.05) is 42.1 Å². The van der Waals surface area contributed by atoms with Crippen LogP contribution < -0.4 is 20.1 Å². The van der Waals surface area contributed by atoms with Crippen LogP contribution in [0, 0.1) is 0 Å². The third-order valence-corrected chi connectivity index (χ3v) is 5.44. The monoisotopic (exact) mass is 446 g/mol. The van der Waals surface area contributed by atoms with Crippen molar-refractivity contribution < 1.29 is 22.6 Å². The number of nitrogens with one attached hydrogen (secondary N) is 2. The Balaban J connectivity index is 1.37. The van der Waals surface area contributed by atoms with Crippen molar-refractivity contribution in [2.75, 3.05) is 12.4 Å². The molecule has 1 aliphatic rings. The Labute approximate surface area is 184 Å². The first-order chi connectivity index (χ1) is 15.3. The minimum atomic E-state index is -4.69. The molecule has 0 saturated heterocycles. The van der Waals surface area contributed by atoms with Crippen LogP contribution in [0.2, 0.25) is 0 Å². The van der Waals surface area contributed by atoms with Crippen molar-refractivity contribution in [1.29, 1.82) is 0 Å². The van der Waals surface area contributed by atoms with E-state index >= 15 is 0 Å². The van der Waals surface area contributed by atoms with E-state index < -0.39 is 6.36 Å². The average Bonchev–Trinajstić information content (AvgIpc) is 3.19. The van der Waals surface area contributed by atoms with Gasteiger partial charge in [-0.2, -0.15) is 4.98 Å². The van der Waals surface area contributed by atoms with Gasteiger partial charge in [0.1, 0.15) is 17.7 Å². The highest BCUT2D eigenvalue weighted by molar-refractivity contribution is 5.64. The van der Waals surface area contributed by atoms with Gasteiger partial charge in [-0.25, -0.2) is 0 Å². The van der Waals surface area contributed by atoms with Crippen LogP contribution in [0.15, 0.2) is 54.7 Å². The lowest BCUT2D eigenvalue weighted by Gasteiger charge is -2.32. The van der Waals surface area contributed by atoms with E-state index in [0.29, 0.717) is 12.6 Å². The van der Waals surface area contributed by atoms with Crippen molar-refractivity contribution in [3.05, 3.63) is 60.3 Å². The molecule has 2 unspecified atom stereocenters. The first kappa shape index (κ1) is 22.0. The zero-order chi connectivity index (χ0) is 22.7. The number of nitrogens with zero attached hydrogens (tertiary/aromatic N) is 2. The number of hydrogen-bond donors (Lipinski definition) is 2. The standard InChI is InChI=1S/C23H25F3N4O2/c1-3-20-19(13-30-14-21(27-2)29-22(30)31-20)28-12-15-4-6-16(7-5-15)17-8-10-18(11-9-17)32-23(24,25)26/h4-11,14,19-20,27-28H,3,12-13H2,1-2H3. The van der Waals surface area contributed by atoms with Crippen molar-refractivity contribution in [3.63, 3.8) is 0 Å². The third kappa shape index (κ3) is 5.16. The Morgan fingerprint density at radius 2 is 1.75 bits per heavy atom. The first-order valence-electron chi connectivity index (χ1n) is 10.4. The predicted molar refractivity (Wildman–Crippen MR) is 116 cm³/mol. The Morgan fingerprint density at radius 3 is 2.34 bits per heavy atom. The lowest BCUT2D eigenvalue weighted by Crippen LogP contribution is -2.48. The fourth-order valence-electron chi connectivity index (χ4n) is 3.77. The summed E-state index contributed by atoms with van der Waals surface area (Å²) in [4.78, 5) is 4.42. The van der Waals surface area contributed by atoms with Gasteiger partial charge in [-0.1, -0.05) is 43.3 Å². The van der Waals surface area contributed by atoms with E-state index in [0.717, 1.165) is 35.5 Å². The van der Waals surface area contributed by atoms with Gasteiger partial charge in [-0.05, 0) is 35.2 Å². The number of ether oxygens (including phenoxy) is 2. The topological polar surface area (TPSA) is 60.3 Å². The van der Waals surface area contributed by atoms with E-state index in [2.05, 4.69) is 27.3 Å². The molecule has 0 radical (unpaired) electrons. The number of imidazole rings is 1. The molecule has 0 saturated carbocycles. The smallest absolute Gasteiger partial charge is 0.460 e. The van der Waals surface area contributed by atoms with Crippen LogP contribution in [0.1, 0.15) is 18.9 Å². The number of rotatable bonds is 7. The molecule has 2 N–H and O–H groups in total. The van der Waals surface area contributed by atoms with Crippen LogP contribution in [0.3, 0.4) is 0 Å². The normalized spacial score (nSPS) is 18.0. The summed E-state index contributed by atoms with van der Waals surface area (Å²) < 4.78 is 48.9. The molecule has 170 valence electrons. The van der Waals surface area contributed by atoms with E-state index in [9.17, 15) is 13.2 Å². The highest BCUT2D eigenvalue weighted by Crippen LogP contribution is 2.27. The molecule has 2 aromatic carbocycles. The van der Waals surface area contributed by atoms with Gasteiger partial charge in [0.15, 0.2) is 0 Å². The second-order valence-corrected chi connectivity index (χ2v) is 7.63. The highest BCUT2D eigenvalue weighted by Gasteiger charge is 2.31. The Morgan fingerprint density at radius 1 is 1.09 bits per heavy atom. The van der Waals surface area contributed by atoms with E-state index in [4.69, 9.17) is 4.74 Å². The summed E-state index contributed by atoms with van der Waals surface area (Å²) in [5.41, 5.74) is 2.84. The molecule has 2 atom stereocenters. The van der Waals surface area contributed by atoms with Crippen LogP contribution >= 0.6 is 0 Å². The van der Waals surface area contributed by atoms with Crippen molar-refractivity contribution in [1.82, 2.24) is 14.9 Å². The van der Waals surface area contributed by atoms with Gasteiger partial charge in [0.25, 0.3) is 6.01 Å². The summed E-state index contributed by atoms with van der Waals surface area (Å²) in [5.74, 6) is 0.550. The van der Waals surface area contributed by atoms with Crippen LogP contribution in [-0.2, 0) is 13.1 Å². The second kappa shape index (κ2) is 9.12. The number of aromatic nitrogens is 2. The molecule has 4 rings (SSSR count). The number of anilines is 1. The molecule has 32 heavy (non-hydrogen) atoms. The largest absolute Gasteiger partial charge is 0.573 e. The lowest BCUT2D eigenvalue weighted by atomic mass is 10.0. The maximum Gasteiger partial charge on any atom is 0.573 e. The molecule has 1 aliphatic heterocycles. The third-order valence-electron chi connectivity index (χ3n) is 5.44. The summed E-state index contributed by atoms with van der Waals surface area (Å²) in [6, 6.07) is 14.6. The van der Waals surface area contributed by atoms with Crippen LogP contribution in [0.4, 0.5) is 19.0 Å². The minimum Gasteiger partial charge on any atom is -0.460 e. The quantitative estimate of drug-likeness (QED) is 0.545. The van der Waals surface area contributed by atoms with Crippen LogP contribution in [0.25, 0.3) is 11.1 Å². The van der Waals surface area contributed by atoms with E-state index in [-0.39, 0.29) is 17.9 Å². The molecular formula is C23H25F3N4O2. The number of alkyl halides is 3. The van der Waals surface area contributed by atoms with Crippen LogP contribution in [0.5, 0.6) is 11.8 Å². The maximum absolute atomic E-state index is 12.3. The summed E-state index contributed by atoms with van der Waals surface area (Å²) in [6.07, 6.45) is -1.85. The number of benzene rings is 2. The summed E-state index contributed by atoms with van der Waals surface area (Å²) in [7, 11) is 1.83. The van der Waals surface area contributed by atoms with Crippen molar-refractivity contribution in [2.24, 2.45) is 0 Å². The van der Waals surface area contributed by atoms with Gasteiger partial charge in [-0.15, -0.1) is 13.2 Å². The molecule has 0 aliphatic carbocycles. The molecule has 1 aromatic heterocycles. The van der Waals surface area contributed by atoms with Crippen molar-refractivity contribution in [2.45, 2.75) is 44.9 Å². The molecule has 3 aromatic rings. The van der Waals surface area contributed by atoms with Crippen molar-refractivity contribution >= 4 is 5.82 Å². The average molecular weight is 446 g/mol. The van der Waals surface area contributed by atoms with Crippen LogP contribution in [-0.4, -0.2) is 35.1 Å². The minimum absolute atomic E-state index is 0.0336. The summed E-state index contributed by atoms with van der Waals surface area (Å²) >= 11 is 0. The van der Waals surface area contributed by atoms with E-state index in [1.165, 1.54) is 12.1 Å². The molecule has 2 heterocycles. The second-order valence-electron chi connectivity index (χ2n) is 7.63. The molecule has 6 nitrogen and oxygen atoms in total. The molecule has 0 spiro atoms. The molecule has 0 bridgehead atoms. The molecule has 0 amide bonds. The van der Waals surface area contributed by atoms with Gasteiger partial charge in [0, 0.05) is 20.1 Å². The summed E-state index contributed by atoms with van der Waals surface area (Å²) in [5, 5.41) is 6.61. The lowest BCUT2D eigenvalue weighted by molar-refractivity contribution is -0.274. The Hall–Kier alpha value is -3.20. The fourth-order valence-corrected chi connectivity index (χ4v) is 3.77. The van der Waals surface area contributed by atoms with E-state index in [1.54, 1.807) is 12.1 Å².